The second kappa shape index (κ2) is 7.95. The zero-order valence-corrected chi connectivity index (χ0v) is 17.7. The van der Waals surface area contributed by atoms with Crippen molar-refractivity contribution in [2.75, 3.05) is 6.61 Å². The van der Waals surface area contributed by atoms with Gasteiger partial charge in [-0.2, -0.15) is 0 Å². The third kappa shape index (κ3) is 4.03. The molecule has 30 heavy (non-hydrogen) atoms. The Balaban J connectivity index is 1.81. The van der Waals surface area contributed by atoms with Crippen LogP contribution in [0, 0.1) is 0 Å². The second-order valence-electron chi connectivity index (χ2n) is 7.77. The van der Waals surface area contributed by atoms with Crippen LogP contribution in [0.25, 0.3) is 21.5 Å². The van der Waals surface area contributed by atoms with Crippen LogP contribution in [-0.2, 0) is 5.92 Å². The Bertz CT molecular complexity index is 1080. The van der Waals surface area contributed by atoms with Gasteiger partial charge in [0.05, 0.1) is 12.3 Å². The number of nitrogens with zero attached hydrogens (tertiary/aromatic N) is 1. The van der Waals surface area contributed by atoms with Crippen molar-refractivity contribution in [2.45, 2.75) is 51.4 Å². The number of alkyl halides is 2. The minimum absolute atomic E-state index is 0.0261. The summed E-state index contributed by atoms with van der Waals surface area (Å²) in [6.07, 6.45) is 3.64. The van der Waals surface area contributed by atoms with Gasteiger partial charge < -0.3 is 9.84 Å². The molecule has 4 nitrogen and oxygen atoms in total. The van der Waals surface area contributed by atoms with Gasteiger partial charge in [-0.15, -0.1) is 11.3 Å². The van der Waals surface area contributed by atoms with Gasteiger partial charge in [-0.25, -0.2) is 18.6 Å². The van der Waals surface area contributed by atoms with Crippen LogP contribution >= 0.6 is 11.3 Å². The topological polar surface area (TPSA) is 59.4 Å². The van der Waals surface area contributed by atoms with E-state index in [2.05, 4.69) is 11.9 Å². The van der Waals surface area contributed by atoms with Gasteiger partial charge in [0.2, 0.25) is 0 Å². The van der Waals surface area contributed by atoms with Gasteiger partial charge in [0.1, 0.15) is 15.5 Å². The van der Waals surface area contributed by atoms with E-state index in [1.807, 2.05) is 0 Å². The van der Waals surface area contributed by atoms with E-state index in [4.69, 9.17) is 4.74 Å². The van der Waals surface area contributed by atoms with Crippen LogP contribution in [0.2, 0.25) is 0 Å². The van der Waals surface area contributed by atoms with Gasteiger partial charge in [-0.1, -0.05) is 13.3 Å². The highest BCUT2D eigenvalue weighted by molar-refractivity contribution is 7.20. The Labute approximate surface area is 177 Å². The summed E-state index contributed by atoms with van der Waals surface area (Å²) in [7, 11) is 0. The molecule has 1 aliphatic carbocycles. The van der Waals surface area contributed by atoms with E-state index in [-0.39, 0.29) is 16.4 Å². The summed E-state index contributed by atoms with van der Waals surface area (Å²) in [5.74, 6) is -3.45. The number of pyridine rings is 1. The largest absolute Gasteiger partial charge is 0.494 e. The number of carboxylic acid groups (broad SMARTS) is 1. The van der Waals surface area contributed by atoms with E-state index in [0.717, 1.165) is 49.7 Å². The maximum Gasteiger partial charge on any atom is 0.346 e. The standard InChI is InChI=1S/C23H23F2NO3S/c1-3-4-11-29-15-9-7-13(8-10-15)17-12-16(23(2,24)25)19-18(14-5-6-14)20(22(27)28)30-21(19)26-17/h7-10,12,14H,3-6,11H2,1-2H3,(H,27,28). The summed E-state index contributed by atoms with van der Waals surface area (Å²) >= 11 is 0.988. The first-order valence-electron chi connectivity index (χ1n) is 10.1. The minimum Gasteiger partial charge on any atom is -0.494 e. The van der Waals surface area contributed by atoms with Crippen LogP contribution in [0.3, 0.4) is 0 Å². The van der Waals surface area contributed by atoms with Crippen LogP contribution in [0.4, 0.5) is 8.78 Å². The van der Waals surface area contributed by atoms with E-state index < -0.39 is 11.9 Å². The molecule has 4 rings (SSSR count). The predicted molar refractivity (Wildman–Crippen MR) is 114 cm³/mol. The molecule has 2 heterocycles. The molecule has 0 atom stereocenters. The number of carbonyl (C=O) groups is 1. The highest BCUT2D eigenvalue weighted by Gasteiger charge is 2.37. The molecule has 1 N–H and O–H groups in total. The van der Waals surface area contributed by atoms with Crippen molar-refractivity contribution in [1.29, 1.82) is 0 Å². The van der Waals surface area contributed by atoms with Gasteiger partial charge in [-0.3, -0.25) is 0 Å². The molecular formula is C23H23F2NO3S. The SMILES string of the molecule is CCCCOc1ccc(-c2cc(C(C)(F)F)c3c(C4CC4)c(C(=O)O)sc3n2)cc1. The number of halogens is 2. The van der Waals surface area contributed by atoms with Gasteiger partial charge in [0.15, 0.2) is 0 Å². The van der Waals surface area contributed by atoms with Gasteiger partial charge in [0, 0.05) is 23.4 Å². The molecule has 3 aromatic rings. The Hall–Kier alpha value is -2.54. The van der Waals surface area contributed by atoms with Crippen LogP contribution in [0.5, 0.6) is 5.75 Å². The number of aromatic carboxylic acids is 1. The number of carboxylic acids is 1. The average Bonchev–Trinajstić information content (AvgIpc) is 3.46. The molecule has 0 bridgehead atoms. The van der Waals surface area contributed by atoms with Crippen molar-refractivity contribution < 1.29 is 23.4 Å². The zero-order valence-electron chi connectivity index (χ0n) is 16.9. The van der Waals surface area contributed by atoms with Crippen molar-refractivity contribution in [3.8, 4) is 17.0 Å². The summed E-state index contributed by atoms with van der Waals surface area (Å²) in [5, 5.41) is 9.94. The number of fused-ring (bicyclic) bond motifs is 1. The van der Waals surface area contributed by atoms with E-state index in [1.165, 1.54) is 6.07 Å². The maximum absolute atomic E-state index is 14.6. The fourth-order valence-electron chi connectivity index (χ4n) is 3.59. The lowest BCUT2D eigenvalue weighted by molar-refractivity contribution is 0.0190. The molecule has 0 unspecified atom stereocenters. The lowest BCUT2D eigenvalue weighted by Crippen LogP contribution is -2.09. The molecule has 1 aliphatic rings. The molecule has 0 aliphatic heterocycles. The summed E-state index contributed by atoms with van der Waals surface area (Å²) in [6.45, 7) is 3.57. The van der Waals surface area contributed by atoms with E-state index in [0.29, 0.717) is 33.6 Å². The van der Waals surface area contributed by atoms with Gasteiger partial charge >= 0.3 is 5.97 Å². The Morgan fingerprint density at radius 3 is 2.57 bits per heavy atom. The molecule has 0 amide bonds. The molecule has 1 fully saturated rings. The lowest BCUT2D eigenvalue weighted by Gasteiger charge is -2.15. The maximum atomic E-state index is 14.6. The van der Waals surface area contributed by atoms with E-state index in [1.54, 1.807) is 24.3 Å². The Morgan fingerprint density at radius 2 is 2.00 bits per heavy atom. The average molecular weight is 432 g/mol. The molecule has 0 radical (unpaired) electrons. The highest BCUT2D eigenvalue weighted by Crippen LogP contribution is 2.50. The summed E-state index contributed by atoms with van der Waals surface area (Å²) in [6, 6.07) is 8.58. The van der Waals surface area contributed by atoms with Crippen LogP contribution < -0.4 is 4.74 Å². The number of thiophene rings is 1. The monoisotopic (exact) mass is 431 g/mol. The molecule has 158 valence electrons. The number of ether oxygens (including phenoxy) is 1. The lowest BCUT2D eigenvalue weighted by atomic mass is 9.97. The molecule has 0 saturated heterocycles. The highest BCUT2D eigenvalue weighted by atomic mass is 32.1. The van der Waals surface area contributed by atoms with Gasteiger partial charge in [0.25, 0.3) is 5.92 Å². The van der Waals surface area contributed by atoms with Crippen LogP contribution in [0.15, 0.2) is 30.3 Å². The number of benzene rings is 1. The molecule has 2 aromatic heterocycles. The summed E-state index contributed by atoms with van der Waals surface area (Å²) in [4.78, 5) is 16.8. The van der Waals surface area contributed by atoms with Gasteiger partial charge in [-0.05, 0) is 61.1 Å². The normalized spacial score (nSPS) is 14.3. The Kier molecular flexibility index (Phi) is 5.49. The molecular weight excluding hydrogens is 408 g/mol. The zero-order chi connectivity index (χ0) is 21.5. The fourth-order valence-corrected chi connectivity index (χ4v) is 4.72. The third-order valence-electron chi connectivity index (χ3n) is 5.27. The number of hydrogen-bond acceptors (Lipinski definition) is 4. The predicted octanol–water partition coefficient (Wildman–Crippen LogP) is 6.83. The van der Waals surface area contributed by atoms with Crippen molar-refractivity contribution in [3.63, 3.8) is 0 Å². The minimum atomic E-state index is -3.11. The number of hydrogen-bond donors (Lipinski definition) is 1. The van der Waals surface area contributed by atoms with Crippen molar-refractivity contribution in [3.05, 3.63) is 46.3 Å². The first-order chi connectivity index (χ1) is 14.3. The van der Waals surface area contributed by atoms with Crippen molar-refractivity contribution >= 4 is 27.5 Å². The quantitative estimate of drug-likeness (QED) is 0.397. The van der Waals surface area contributed by atoms with Crippen LogP contribution in [0.1, 0.15) is 66.2 Å². The number of aromatic nitrogens is 1. The Morgan fingerprint density at radius 1 is 1.30 bits per heavy atom. The summed E-state index contributed by atoms with van der Waals surface area (Å²) in [5.41, 5.74) is 1.46. The smallest absolute Gasteiger partial charge is 0.346 e. The number of rotatable bonds is 8. The van der Waals surface area contributed by atoms with E-state index >= 15 is 0 Å². The van der Waals surface area contributed by atoms with Crippen molar-refractivity contribution in [1.82, 2.24) is 4.98 Å². The molecule has 1 aromatic carbocycles. The second-order valence-corrected chi connectivity index (χ2v) is 8.77. The van der Waals surface area contributed by atoms with Crippen LogP contribution in [-0.4, -0.2) is 22.7 Å². The van der Waals surface area contributed by atoms with E-state index in [9.17, 15) is 18.7 Å². The fraction of sp³-hybridized carbons (Fsp3) is 0.391. The molecule has 0 spiro atoms. The summed E-state index contributed by atoms with van der Waals surface area (Å²) < 4.78 is 34.9. The van der Waals surface area contributed by atoms with Crippen molar-refractivity contribution in [2.24, 2.45) is 0 Å². The molecule has 7 heteroatoms. The first kappa shape index (κ1) is 20.7. The molecule has 1 saturated carbocycles. The third-order valence-corrected chi connectivity index (χ3v) is 6.36. The number of unbranched alkanes of at least 4 members (excludes halogenated alkanes) is 1. The first-order valence-corrected chi connectivity index (χ1v) is 10.9.